The van der Waals surface area contributed by atoms with E-state index in [9.17, 15) is 0 Å². The van der Waals surface area contributed by atoms with Crippen molar-refractivity contribution in [3.05, 3.63) is 89.5 Å². The number of hydrogen-bond acceptors (Lipinski definition) is 2. The third-order valence-electron chi connectivity index (χ3n) is 4.93. The Labute approximate surface area is 192 Å². The summed E-state index contributed by atoms with van der Waals surface area (Å²) >= 11 is -1.22. The number of para-hydroxylation sites is 1. The number of methoxy groups -OCH3 is 1. The summed E-state index contributed by atoms with van der Waals surface area (Å²) in [6, 6.07) is 24.6. The van der Waals surface area contributed by atoms with Crippen molar-refractivity contribution in [1.29, 1.82) is 5.41 Å². The van der Waals surface area contributed by atoms with Crippen molar-refractivity contribution in [2.45, 2.75) is 35.5 Å². The zero-order chi connectivity index (χ0) is 21.9. The molecule has 0 bridgehead atoms. The monoisotopic (exact) mass is 535 g/mol. The molecule has 0 aromatic heterocycles. The first kappa shape index (κ1) is 24.4. The Morgan fingerprint density at radius 2 is 1.60 bits per heavy atom. The van der Waals surface area contributed by atoms with Crippen molar-refractivity contribution < 1.29 is 4.74 Å². The van der Waals surface area contributed by atoms with Gasteiger partial charge < -0.3 is 10.1 Å². The van der Waals surface area contributed by atoms with Crippen molar-refractivity contribution >= 4 is 33.8 Å². The molecular weight excluding hydrogens is 505 g/mol. The fourth-order valence-electron chi connectivity index (χ4n) is 3.00. The Morgan fingerprint density at radius 3 is 2.20 bits per heavy atom. The summed E-state index contributed by atoms with van der Waals surface area (Å²) in [7, 11) is 8.07. The van der Waals surface area contributed by atoms with Gasteiger partial charge in [-0.3, -0.25) is 0 Å². The van der Waals surface area contributed by atoms with E-state index in [-0.39, 0.29) is 0 Å². The average molecular weight is 536 g/mol. The van der Waals surface area contributed by atoms with Crippen LogP contribution in [0.1, 0.15) is 37.0 Å². The Kier molecular flexibility index (Phi) is 10.4. The van der Waals surface area contributed by atoms with Crippen LogP contribution in [-0.2, 0) is 4.43 Å². The normalized spacial score (nSPS) is 11.7. The SMILES string of the molecule is CCC(C)I(Cl)Cc1ccccc1.COc1c(C=N)cccc1-c1ccccc1C. The molecule has 0 aliphatic carbocycles. The van der Waals surface area contributed by atoms with Crippen LogP contribution in [0.4, 0.5) is 0 Å². The van der Waals surface area contributed by atoms with Crippen LogP contribution in [-0.4, -0.2) is 17.2 Å². The summed E-state index contributed by atoms with van der Waals surface area (Å²) in [5.74, 6) is 0.761. The molecule has 0 amide bonds. The Balaban J connectivity index is 0.000000222. The number of halogens is 2. The molecule has 30 heavy (non-hydrogen) atoms. The van der Waals surface area contributed by atoms with Crippen molar-refractivity contribution in [1.82, 2.24) is 0 Å². The molecule has 0 aliphatic heterocycles. The van der Waals surface area contributed by atoms with Gasteiger partial charge in [-0.15, -0.1) is 0 Å². The van der Waals surface area contributed by atoms with Gasteiger partial charge in [-0.2, -0.15) is 0 Å². The molecule has 0 radical (unpaired) electrons. The van der Waals surface area contributed by atoms with E-state index in [1.807, 2.05) is 30.3 Å². The third kappa shape index (κ3) is 6.85. The van der Waals surface area contributed by atoms with Crippen LogP contribution < -0.4 is 4.74 Å². The van der Waals surface area contributed by atoms with Crippen LogP contribution in [0.5, 0.6) is 5.75 Å². The molecule has 0 saturated heterocycles. The topological polar surface area (TPSA) is 33.1 Å². The number of nitrogens with one attached hydrogen (secondary N) is 1. The first-order valence-corrected chi connectivity index (χ1v) is 15.6. The Bertz CT molecular complexity index is 929. The van der Waals surface area contributed by atoms with Crippen molar-refractivity contribution in [3.8, 4) is 16.9 Å². The zero-order valence-electron chi connectivity index (χ0n) is 18.2. The van der Waals surface area contributed by atoms with Gasteiger partial charge in [-0.25, -0.2) is 0 Å². The van der Waals surface area contributed by atoms with Gasteiger partial charge in [0.2, 0.25) is 0 Å². The predicted octanol–water partition coefficient (Wildman–Crippen LogP) is 8.31. The number of hydrogen-bond donors (Lipinski definition) is 1. The second-order valence-electron chi connectivity index (χ2n) is 7.03. The summed E-state index contributed by atoms with van der Waals surface area (Å²) < 4.78 is 7.32. The third-order valence-corrected chi connectivity index (χ3v) is 12.3. The first-order chi connectivity index (χ1) is 14.5. The van der Waals surface area contributed by atoms with Crippen LogP contribution in [0.25, 0.3) is 11.1 Å². The first-order valence-electron chi connectivity index (χ1n) is 10.1. The van der Waals surface area contributed by atoms with Gasteiger partial charge in [0, 0.05) is 17.3 Å². The van der Waals surface area contributed by atoms with E-state index in [1.165, 1.54) is 23.8 Å². The number of alkyl halides is 2. The number of benzene rings is 3. The maximum absolute atomic E-state index is 7.40. The van der Waals surface area contributed by atoms with Gasteiger partial charge in [-0.05, 0) is 24.1 Å². The zero-order valence-corrected chi connectivity index (χ0v) is 21.1. The molecule has 3 rings (SSSR count). The van der Waals surface area contributed by atoms with Gasteiger partial charge in [0.1, 0.15) is 5.75 Å². The minimum absolute atomic E-state index is 0.756. The second-order valence-corrected chi connectivity index (χ2v) is 14.3. The van der Waals surface area contributed by atoms with Crippen molar-refractivity contribution in [2.24, 2.45) is 0 Å². The minimum atomic E-state index is -1.22. The smallest absolute Gasteiger partial charge is 0.135 e. The molecule has 0 heterocycles. The van der Waals surface area contributed by atoms with Crippen LogP contribution in [0, 0.1) is 12.3 Å². The largest absolute Gasteiger partial charge is 0.495 e. The van der Waals surface area contributed by atoms with E-state index in [0.717, 1.165) is 30.8 Å². The van der Waals surface area contributed by atoms with E-state index in [2.05, 4.69) is 63.2 Å². The molecule has 1 atom stereocenters. The quantitative estimate of drug-likeness (QED) is 0.184. The standard InChI is InChI=1S/C15H15NO.C11H16ClI/c1-11-6-3-4-8-13(11)14-9-5-7-12(10-16)15(14)17-2;1-3-10(2)13(12)9-11-7-5-4-6-8-11/h3-10,16H,1-2H3;4-8,10H,3,9H2,1-2H3. The maximum Gasteiger partial charge on any atom is 0.135 e. The van der Waals surface area contributed by atoms with E-state index in [4.69, 9.17) is 19.1 Å². The summed E-state index contributed by atoms with van der Waals surface area (Å²) in [5, 5.41) is 7.40. The maximum atomic E-state index is 7.40. The van der Waals surface area contributed by atoms with Gasteiger partial charge in [0.25, 0.3) is 0 Å². The number of rotatable bonds is 7. The fourth-order valence-corrected chi connectivity index (χ4v) is 7.62. The summed E-state index contributed by atoms with van der Waals surface area (Å²) in [6.45, 7) is 6.58. The van der Waals surface area contributed by atoms with E-state index in [0.29, 0.717) is 0 Å². The van der Waals surface area contributed by atoms with Crippen LogP contribution in [0.3, 0.4) is 0 Å². The van der Waals surface area contributed by atoms with E-state index < -0.39 is 18.7 Å². The molecule has 1 unspecified atom stereocenters. The van der Waals surface area contributed by atoms with Crippen molar-refractivity contribution in [3.63, 3.8) is 0 Å². The summed E-state index contributed by atoms with van der Waals surface area (Å²) in [4.78, 5) is 0. The van der Waals surface area contributed by atoms with Gasteiger partial charge in [0.15, 0.2) is 0 Å². The van der Waals surface area contributed by atoms with Gasteiger partial charge in [-0.1, -0.05) is 36.4 Å². The van der Waals surface area contributed by atoms with Crippen LogP contribution >= 0.6 is 27.6 Å². The number of aryl methyl sites for hydroxylation is 1. The van der Waals surface area contributed by atoms with Gasteiger partial charge in [0.05, 0.1) is 7.11 Å². The molecule has 1 N–H and O–H groups in total. The van der Waals surface area contributed by atoms with E-state index >= 15 is 0 Å². The molecule has 0 spiro atoms. The molecule has 3 aromatic carbocycles. The molecular formula is C26H31ClINO. The molecule has 0 aliphatic rings. The molecule has 0 saturated carbocycles. The van der Waals surface area contributed by atoms with E-state index in [1.54, 1.807) is 7.11 Å². The molecule has 2 nitrogen and oxygen atoms in total. The molecule has 4 heteroatoms. The summed E-state index contributed by atoms with van der Waals surface area (Å²) in [6.07, 6.45) is 2.54. The Morgan fingerprint density at radius 1 is 0.967 bits per heavy atom. The molecule has 3 aromatic rings. The molecule has 160 valence electrons. The van der Waals surface area contributed by atoms with Crippen LogP contribution in [0.2, 0.25) is 0 Å². The molecule has 0 fully saturated rings. The summed E-state index contributed by atoms with van der Waals surface area (Å²) in [5.41, 5.74) is 5.59. The van der Waals surface area contributed by atoms with Crippen molar-refractivity contribution in [2.75, 3.05) is 7.11 Å². The number of ether oxygens (including phenoxy) is 1. The second kappa shape index (κ2) is 12.8. The fraction of sp³-hybridized carbons (Fsp3) is 0.269. The minimum Gasteiger partial charge on any atom is -0.495 e. The average Bonchev–Trinajstić information content (AvgIpc) is 2.79. The van der Waals surface area contributed by atoms with Gasteiger partial charge >= 0.3 is 92.1 Å². The Hall–Kier alpha value is -1.85. The predicted molar refractivity (Wildman–Crippen MR) is 141 cm³/mol. The van der Waals surface area contributed by atoms with Crippen LogP contribution in [0.15, 0.2) is 72.8 Å².